The minimum Gasteiger partial charge on any atom is -0.497 e. The molecule has 1 amide bonds. The topological polar surface area (TPSA) is 80.3 Å². The molecule has 2 heterocycles. The first-order chi connectivity index (χ1) is 15.6. The predicted molar refractivity (Wildman–Crippen MR) is 121 cm³/mol. The molecule has 7 nitrogen and oxygen atoms in total. The highest BCUT2D eigenvalue weighted by Crippen LogP contribution is 2.35. The van der Waals surface area contributed by atoms with Gasteiger partial charge in [-0.2, -0.15) is 0 Å². The second kappa shape index (κ2) is 10.7. The van der Waals surface area contributed by atoms with Crippen molar-refractivity contribution in [3.8, 4) is 17.2 Å². The number of nitrogens with one attached hydrogen (secondary N) is 1. The third kappa shape index (κ3) is 5.72. The molecule has 172 valence electrons. The molecule has 7 heteroatoms. The second-order valence-corrected chi connectivity index (χ2v) is 8.45. The Hall–Kier alpha value is -2.77. The molecule has 2 atom stereocenters. The van der Waals surface area contributed by atoms with Gasteiger partial charge in [0.1, 0.15) is 19.0 Å². The fraction of sp³-hybridized carbons (Fsp3) is 0.480. The van der Waals surface area contributed by atoms with Gasteiger partial charge in [-0.05, 0) is 61.3 Å². The molecule has 0 radical (unpaired) electrons. The van der Waals surface area contributed by atoms with Gasteiger partial charge in [-0.3, -0.25) is 4.79 Å². The molecule has 4 rings (SSSR count). The fourth-order valence-electron chi connectivity index (χ4n) is 4.38. The summed E-state index contributed by atoms with van der Waals surface area (Å²) in [6, 6.07) is 13.2. The highest BCUT2D eigenvalue weighted by molar-refractivity contribution is 5.76. The fourth-order valence-corrected chi connectivity index (χ4v) is 4.38. The molecule has 32 heavy (non-hydrogen) atoms. The molecule has 0 saturated carbocycles. The van der Waals surface area contributed by atoms with Crippen LogP contribution in [0.4, 0.5) is 0 Å². The highest BCUT2D eigenvalue weighted by Gasteiger charge is 2.28. The average Bonchev–Trinajstić information content (AvgIpc) is 3.35. The Bertz CT molecular complexity index is 913. The first-order valence-electron chi connectivity index (χ1n) is 11.3. The molecule has 0 aromatic heterocycles. The van der Waals surface area contributed by atoms with Crippen LogP contribution in [0, 0.1) is 5.92 Å². The lowest BCUT2D eigenvalue weighted by Crippen LogP contribution is -2.34. The summed E-state index contributed by atoms with van der Waals surface area (Å²) in [4.78, 5) is 15.1. The van der Waals surface area contributed by atoms with Crippen LogP contribution in [0.1, 0.15) is 36.5 Å². The summed E-state index contributed by atoms with van der Waals surface area (Å²) in [6.45, 7) is 4.15. The zero-order valence-electron chi connectivity index (χ0n) is 18.6. The number of fused-ring (bicyclic) bond motifs is 1. The number of rotatable bonds is 9. The molecule has 0 unspecified atom stereocenters. The molecule has 0 spiro atoms. The van der Waals surface area contributed by atoms with Crippen LogP contribution in [0.15, 0.2) is 42.5 Å². The molecule has 1 saturated heterocycles. The van der Waals surface area contributed by atoms with Gasteiger partial charge in [0, 0.05) is 25.4 Å². The summed E-state index contributed by atoms with van der Waals surface area (Å²) in [7, 11) is 1.62. The Balaban J connectivity index is 1.42. The van der Waals surface area contributed by atoms with Crippen LogP contribution < -0.4 is 19.5 Å². The van der Waals surface area contributed by atoms with Crippen molar-refractivity contribution in [2.45, 2.75) is 31.9 Å². The van der Waals surface area contributed by atoms with Crippen molar-refractivity contribution in [3.63, 3.8) is 0 Å². The number of aliphatic hydroxyl groups is 1. The van der Waals surface area contributed by atoms with Gasteiger partial charge in [0.05, 0.1) is 13.2 Å². The number of likely N-dealkylation sites (tertiary alicyclic amines) is 1. The molecule has 2 aromatic carbocycles. The molecule has 0 bridgehead atoms. The minimum atomic E-state index is -0.769. The van der Waals surface area contributed by atoms with Gasteiger partial charge >= 0.3 is 0 Å². The number of carbonyl (C=O) groups excluding carboxylic acids is 1. The maximum Gasteiger partial charge on any atom is 0.220 e. The Kier molecular flexibility index (Phi) is 7.50. The van der Waals surface area contributed by atoms with Gasteiger partial charge < -0.3 is 29.5 Å². The van der Waals surface area contributed by atoms with Gasteiger partial charge in [-0.15, -0.1) is 0 Å². The van der Waals surface area contributed by atoms with E-state index in [9.17, 15) is 9.90 Å². The van der Waals surface area contributed by atoms with Crippen molar-refractivity contribution >= 4 is 5.91 Å². The van der Waals surface area contributed by atoms with Crippen LogP contribution in [0.3, 0.4) is 0 Å². The van der Waals surface area contributed by atoms with Gasteiger partial charge in [-0.1, -0.05) is 18.2 Å². The van der Waals surface area contributed by atoms with Crippen molar-refractivity contribution in [2.24, 2.45) is 5.92 Å². The minimum absolute atomic E-state index is 0.0754. The lowest BCUT2D eigenvalue weighted by atomic mass is 9.91. The first-order valence-corrected chi connectivity index (χ1v) is 11.3. The monoisotopic (exact) mass is 440 g/mol. The van der Waals surface area contributed by atoms with Crippen molar-refractivity contribution in [3.05, 3.63) is 53.6 Å². The maximum atomic E-state index is 12.8. The van der Waals surface area contributed by atoms with Crippen molar-refractivity contribution < 1.29 is 24.1 Å². The van der Waals surface area contributed by atoms with Crippen LogP contribution in [0.2, 0.25) is 0 Å². The molecule has 1 fully saturated rings. The summed E-state index contributed by atoms with van der Waals surface area (Å²) in [6.07, 6.45) is 1.80. The zero-order valence-corrected chi connectivity index (χ0v) is 18.6. The third-order valence-electron chi connectivity index (χ3n) is 6.12. The third-order valence-corrected chi connectivity index (χ3v) is 6.12. The Morgan fingerprint density at radius 3 is 2.69 bits per heavy atom. The summed E-state index contributed by atoms with van der Waals surface area (Å²) < 4.78 is 16.5. The van der Waals surface area contributed by atoms with E-state index in [1.807, 2.05) is 42.5 Å². The maximum absolute atomic E-state index is 12.8. The van der Waals surface area contributed by atoms with Crippen molar-refractivity contribution in [1.29, 1.82) is 0 Å². The van der Waals surface area contributed by atoms with Crippen molar-refractivity contribution in [1.82, 2.24) is 10.2 Å². The SMILES string of the molecule is COc1cccc(CNC(=O)C[C@H](CN2CCCC2)[C@H](O)c2ccc3c(c2)OCCO3)c1. The number of aliphatic hydroxyl groups excluding tert-OH is 1. The quantitative estimate of drug-likeness (QED) is 0.624. The Morgan fingerprint density at radius 1 is 1.12 bits per heavy atom. The number of carbonyl (C=O) groups is 1. The predicted octanol–water partition coefficient (Wildman–Crippen LogP) is 2.92. The molecule has 2 aliphatic heterocycles. The zero-order chi connectivity index (χ0) is 22.3. The standard InChI is InChI=1S/C25H32N2O5/c1-30-21-6-4-5-18(13-21)16-26-24(28)15-20(17-27-9-2-3-10-27)25(29)19-7-8-22-23(14-19)32-12-11-31-22/h4-8,13-14,20,25,29H,2-3,9-12,15-17H2,1H3,(H,26,28)/t20-,25-/m1/s1. The van der Waals surface area contributed by atoms with E-state index < -0.39 is 6.10 Å². The lowest BCUT2D eigenvalue weighted by molar-refractivity contribution is -0.123. The van der Waals surface area contributed by atoms with Crippen molar-refractivity contribution in [2.75, 3.05) is 40.0 Å². The number of methoxy groups -OCH3 is 1. The molecular weight excluding hydrogens is 408 g/mol. The Labute approximate surface area is 189 Å². The summed E-state index contributed by atoms with van der Waals surface area (Å²) in [5.41, 5.74) is 1.72. The van der Waals surface area contributed by atoms with Crippen LogP contribution >= 0.6 is 0 Å². The van der Waals surface area contributed by atoms with Crippen LogP contribution in [-0.4, -0.2) is 55.9 Å². The number of hydrogen-bond acceptors (Lipinski definition) is 6. The smallest absolute Gasteiger partial charge is 0.220 e. The van der Waals surface area contributed by atoms with E-state index in [-0.39, 0.29) is 18.2 Å². The molecule has 2 aliphatic rings. The largest absolute Gasteiger partial charge is 0.497 e. The number of benzene rings is 2. The summed E-state index contributed by atoms with van der Waals surface area (Å²) >= 11 is 0. The summed E-state index contributed by atoms with van der Waals surface area (Å²) in [5, 5.41) is 14.2. The van der Waals surface area contributed by atoms with E-state index in [0.29, 0.717) is 37.8 Å². The van der Waals surface area contributed by atoms with E-state index in [1.54, 1.807) is 7.11 Å². The number of nitrogens with zero attached hydrogens (tertiary/aromatic N) is 1. The highest BCUT2D eigenvalue weighted by atomic mass is 16.6. The van der Waals surface area contributed by atoms with E-state index in [1.165, 1.54) is 0 Å². The number of hydrogen-bond donors (Lipinski definition) is 2. The lowest BCUT2D eigenvalue weighted by Gasteiger charge is -2.28. The normalized spacial score (nSPS) is 17.6. The van der Waals surface area contributed by atoms with Crippen LogP contribution in [0.25, 0.3) is 0 Å². The van der Waals surface area contributed by atoms with E-state index in [2.05, 4.69) is 10.2 Å². The van der Waals surface area contributed by atoms with Gasteiger partial charge in [0.15, 0.2) is 11.5 Å². The van der Waals surface area contributed by atoms with Gasteiger partial charge in [-0.25, -0.2) is 0 Å². The van der Waals surface area contributed by atoms with Crippen LogP contribution in [-0.2, 0) is 11.3 Å². The molecule has 2 N–H and O–H groups in total. The number of ether oxygens (including phenoxy) is 3. The molecule has 2 aromatic rings. The second-order valence-electron chi connectivity index (χ2n) is 8.45. The first kappa shape index (κ1) is 22.4. The van der Waals surface area contributed by atoms with E-state index in [4.69, 9.17) is 14.2 Å². The van der Waals surface area contributed by atoms with Crippen LogP contribution in [0.5, 0.6) is 17.2 Å². The van der Waals surface area contributed by atoms with Gasteiger partial charge in [0.2, 0.25) is 5.91 Å². The van der Waals surface area contributed by atoms with E-state index >= 15 is 0 Å². The average molecular weight is 441 g/mol. The van der Waals surface area contributed by atoms with E-state index in [0.717, 1.165) is 42.8 Å². The summed E-state index contributed by atoms with van der Waals surface area (Å²) in [5.74, 6) is 1.81. The molecule has 0 aliphatic carbocycles. The number of amides is 1. The molecular formula is C25H32N2O5. The van der Waals surface area contributed by atoms with Gasteiger partial charge in [0.25, 0.3) is 0 Å². The Morgan fingerprint density at radius 2 is 1.91 bits per heavy atom.